The number of pyridine rings is 1. The molecule has 0 bridgehead atoms. The van der Waals surface area contributed by atoms with Crippen molar-refractivity contribution in [2.45, 2.75) is 19.4 Å². The molecular formula is C13H14BrN3O3. The van der Waals surface area contributed by atoms with Gasteiger partial charge in [-0.3, -0.25) is 10.1 Å². The lowest BCUT2D eigenvalue weighted by molar-refractivity contribution is -0.384. The summed E-state index contributed by atoms with van der Waals surface area (Å²) in [5.41, 5.74) is 0.957. The highest BCUT2D eigenvalue weighted by molar-refractivity contribution is 9.10. The van der Waals surface area contributed by atoms with E-state index in [0.717, 1.165) is 4.47 Å². The topological polar surface area (TPSA) is 88.3 Å². The highest BCUT2D eigenvalue weighted by Crippen LogP contribution is 2.33. The predicted molar refractivity (Wildman–Crippen MR) is 80.9 cm³/mol. The summed E-state index contributed by atoms with van der Waals surface area (Å²) in [4.78, 5) is 14.8. The van der Waals surface area contributed by atoms with Crippen molar-refractivity contribution in [3.05, 3.63) is 39.0 Å². The minimum Gasteiger partial charge on any atom is -0.394 e. The Labute approximate surface area is 124 Å². The molecule has 2 rings (SSSR count). The molecule has 0 aliphatic rings. The van der Waals surface area contributed by atoms with Crippen molar-refractivity contribution in [2.24, 2.45) is 0 Å². The van der Waals surface area contributed by atoms with Crippen LogP contribution in [-0.4, -0.2) is 27.7 Å². The van der Waals surface area contributed by atoms with Crippen LogP contribution in [0, 0.1) is 10.1 Å². The number of aliphatic hydroxyl groups is 1. The maximum absolute atomic E-state index is 11.2. The Morgan fingerprint density at radius 1 is 1.55 bits per heavy atom. The third-order valence-electron chi connectivity index (χ3n) is 3.07. The van der Waals surface area contributed by atoms with Gasteiger partial charge in [0, 0.05) is 15.9 Å². The van der Waals surface area contributed by atoms with Gasteiger partial charge in [-0.05, 0) is 24.6 Å². The van der Waals surface area contributed by atoms with E-state index in [0.29, 0.717) is 23.0 Å². The van der Waals surface area contributed by atoms with Gasteiger partial charge in [-0.1, -0.05) is 22.9 Å². The van der Waals surface area contributed by atoms with Crippen LogP contribution in [0.2, 0.25) is 0 Å². The summed E-state index contributed by atoms with van der Waals surface area (Å²) in [6.07, 6.45) is 1.90. The maximum Gasteiger partial charge on any atom is 0.311 e. The van der Waals surface area contributed by atoms with Crippen LogP contribution in [0.5, 0.6) is 0 Å². The van der Waals surface area contributed by atoms with Gasteiger partial charge in [-0.2, -0.15) is 0 Å². The molecule has 0 fully saturated rings. The van der Waals surface area contributed by atoms with Crippen LogP contribution in [-0.2, 0) is 0 Å². The number of hydrogen-bond acceptors (Lipinski definition) is 5. The predicted octanol–water partition coefficient (Wildman–Crippen LogP) is 3.09. The van der Waals surface area contributed by atoms with Crippen LogP contribution in [0.3, 0.4) is 0 Å². The Morgan fingerprint density at radius 2 is 2.30 bits per heavy atom. The van der Waals surface area contributed by atoms with E-state index in [-0.39, 0.29) is 18.3 Å². The van der Waals surface area contributed by atoms with E-state index < -0.39 is 4.92 Å². The molecule has 0 radical (unpaired) electrons. The summed E-state index contributed by atoms with van der Waals surface area (Å²) in [5.74, 6) is 0. The summed E-state index contributed by atoms with van der Waals surface area (Å²) in [6, 6.07) is 5.16. The standard InChI is InChI=1S/C13H14BrN3O3/c1-2-9(7-18)16-13-10-5-8(14)3-4-11(10)15-6-12(13)17(19)20/h3-6,9,18H,2,7H2,1H3,(H,15,16)/t9-/m1/s1. The fraction of sp³-hybridized carbons (Fsp3) is 0.308. The van der Waals surface area contributed by atoms with E-state index in [1.165, 1.54) is 6.20 Å². The number of hydrogen-bond donors (Lipinski definition) is 2. The van der Waals surface area contributed by atoms with Crippen molar-refractivity contribution >= 4 is 38.2 Å². The Balaban J connectivity index is 2.64. The SMILES string of the molecule is CC[C@H](CO)Nc1c([N+](=O)[O-])cnc2ccc(Br)cc12. The average molecular weight is 340 g/mol. The molecule has 2 aromatic rings. The lowest BCUT2D eigenvalue weighted by Crippen LogP contribution is -2.23. The van der Waals surface area contributed by atoms with E-state index in [2.05, 4.69) is 26.2 Å². The van der Waals surface area contributed by atoms with Crippen molar-refractivity contribution < 1.29 is 10.0 Å². The number of benzene rings is 1. The molecule has 1 heterocycles. The number of aliphatic hydroxyl groups excluding tert-OH is 1. The maximum atomic E-state index is 11.2. The van der Waals surface area contributed by atoms with Crippen LogP contribution in [0.15, 0.2) is 28.9 Å². The van der Waals surface area contributed by atoms with E-state index in [9.17, 15) is 15.2 Å². The molecule has 0 saturated carbocycles. The van der Waals surface area contributed by atoms with E-state index in [1.54, 1.807) is 12.1 Å². The zero-order valence-electron chi connectivity index (χ0n) is 10.8. The first-order chi connectivity index (χ1) is 9.56. The van der Waals surface area contributed by atoms with Gasteiger partial charge in [0.1, 0.15) is 11.9 Å². The quantitative estimate of drug-likeness (QED) is 0.645. The van der Waals surface area contributed by atoms with Gasteiger partial charge >= 0.3 is 5.69 Å². The molecule has 1 atom stereocenters. The number of nitro groups is 1. The van der Waals surface area contributed by atoms with Gasteiger partial charge in [0.25, 0.3) is 0 Å². The van der Waals surface area contributed by atoms with Gasteiger partial charge in [-0.25, -0.2) is 4.98 Å². The third-order valence-corrected chi connectivity index (χ3v) is 3.56. The van der Waals surface area contributed by atoms with Gasteiger partial charge in [0.2, 0.25) is 0 Å². The largest absolute Gasteiger partial charge is 0.394 e. The van der Waals surface area contributed by atoms with Crippen LogP contribution in [0.1, 0.15) is 13.3 Å². The highest BCUT2D eigenvalue weighted by atomic mass is 79.9. The number of nitrogens with one attached hydrogen (secondary N) is 1. The zero-order chi connectivity index (χ0) is 14.7. The van der Waals surface area contributed by atoms with Crippen LogP contribution in [0.25, 0.3) is 10.9 Å². The normalized spacial score (nSPS) is 12.3. The molecule has 1 aromatic carbocycles. The molecule has 0 saturated heterocycles. The Morgan fingerprint density at radius 3 is 2.90 bits per heavy atom. The summed E-state index contributed by atoms with van der Waals surface area (Å²) < 4.78 is 0.812. The number of halogens is 1. The van der Waals surface area contributed by atoms with Crippen molar-refractivity contribution in [3.63, 3.8) is 0 Å². The van der Waals surface area contributed by atoms with Crippen LogP contribution < -0.4 is 5.32 Å². The zero-order valence-corrected chi connectivity index (χ0v) is 12.4. The molecular weight excluding hydrogens is 326 g/mol. The molecule has 7 heteroatoms. The third kappa shape index (κ3) is 2.88. The fourth-order valence-corrected chi connectivity index (χ4v) is 2.29. The summed E-state index contributed by atoms with van der Waals surface area (Å²) in [6.45, 7) is 1.81. The fourth-order valence-electron chi connectivity index (χ4n) is 1.93. The van der Waals surface area contributed by atoms with Gasteiger partial charge in [0.15, 0.2) is 0 Å². The van der Waals surface area contributed by atoms with Gasteiger partial charge in [-0.15, -0.1) is 0 Å². The molecule has 0 spiro atoms. The first-order valence-corrected chi connectivity index (χ1v) is 6.96. The van der Waals surface area contributed by atoms with E-state index in [4.69, 9.17) is 0 Å². The van der Waals surface area contributed by atoms with Crippen LogP contribution >= 0.6 is 15.9 Å². The van der Waals surface area contributed by atoms with Crippen molar-refractivity contribution in [1.29, 1.82) is 0 Å². The van der Waals surface area contributed by atoms with Gasteiger partial charge in [0.05, 0.1) is 17.0 Å². The Kier molecular flexibility index (Phi) is 4.51. The monoisotopic (exact) mass is 339 g/mol. The van der Waals surface area contributed by atoms with Crippen molar-refractivity contribution in [1.82, 2.24) is 4.98 Å². The summed E-state index contributed by atoms with van der Waals surface area (Å²) >= 11 is 3.35. The molecule has 6 nitrogen and oxygen atoms in total. The lowest BCUT2D eigenvalue weighted by atomic mass is 10.1. The van der Waals surface area contributed by atoms with Gasteiger partial charge < -0.3 is 10.4 Å². The van der Waals surface area contributed by atoms with Crippen molar-refractivity contribution in [2.75, 3.05) is 11.9 Å². The number of fused-ring (bicyclic) bond motifs is 1. The lowest BCUT2D eigenvalue weighted by Gasteiger charge is -2.17. The molecule has 0 aliphatic carbocycles. The molecule has 2 N–H and O–H groups in total. The molecule has 0 unspecified atom stereocenters. The first kappa shape index (κ1) is 14.7. The smallest absolute Gasteiger partial charge is 0.311 e. The molecule has 20 heavy (non-hydrogen) atoms. The summed E-state index contributed by atoms with van der Waals surface area (Å²) in [5, 5.41) is 24.1. The molecule has 106 valence electrons. The molecule has 0 amide bonds. The van der Waals surface area contributed by atoms with E-state index in [1.807, 2.05) is 13.0 Å². The first-order valence-electron chi connectivity index (χ1n) is 6.16. The summed E-state index contributed by atoms with van der Waals surface area (Å²) in [7, 11) is 0. The Hall–Kier alpha value is -1.73. The minimum absolute atomic E-state index is 0.0918. The number of aromatic nitrogens is 1. The minimum atomic E-state index is -0.472. The number of nitrogens with zero attached hydrogens (tertiary/aromatic N) is 2. The second-order valence-electron chi connectivity index (χ2n) is 4.37. The van der Waals surface area contributed by atoms with Crippen LogP contribution in [0.4, 0.5) is 11.4 Å². The van der Waals surface area contributed by atoms with E-state index >= 15 is 0 Å². The molecule has 1 aromatic heterocycles. The average Bonchev–Trinajstić information content (AvgIpc) is 2.44. The Bertz CT molecular complexity index is 644. The highest BCUT2D eigenvalue weighted by Gasteiger charge is 2.20. The second-order valence-corrected chi connectivity index (χ2v) is 5.28. The number of rotatable bonds is 5. The number of anilines is 1. The van der Waals surface area contributed by atoms with Crippen molar-refractivity contribution in [3.8, 4) is 0 Å². The molecule has 0 aliphatic heterocycles. The second kappa shape index (κ2) is 6.15.